The van der Waals surface area contributed by atoms with Crippen molar-refractivity contribution in [2.75, 3.05) is 27.2 Å². The Hall–Kier alpha value is -1.33. The summed E-state index contributed by atoms with van der Waals surface area (Å²) in [5.41, 5.74) is -0.366. The Morgan fingerprint density at radius 1 is 1.57 bits per heavy atom. The molecular formula is C16H27N3O2. The summed E-state index contributed by atoms with van der Waals surface area (Å²) in [4.78, 5) is 14.7. The Morgan fingerprint density at radius 3 is 2.90 bits per heavy atom. The van der Waals surface area contributed by atoms with Gasteiger partial charge in [0.25, 0.3) is 0 Å². The van der Waals surface area contributed by atoms with Gasteiger partial charge < -0.3 is 15.1 Å². The Labute approximate surface area is 127 Å². The van der Waals surface area contributed by atoms with E-state index in [0.717, 1.165) is 38.0 Å². The number of amides is 1. The molecule has 0 aromatic carbocycles. The van der Waals surface area contributed by atoms with Crippen LogP contribution in [0, 0.1) is 0 Å². The molecule has 5 nitrogen and oxygen atoms in total. The van der Waals surface area contributed by atoms with Crippen molar-refractivity contribution >= 4 is 5.91 Å². The molecule has 0 bridgehead atoms. The maximum absolute atomic E-state index is 12.6. The SMILES string of the molecule is CCCC1(C(=O)NCC(c2ccco2)N(C)C)CCCN1. The fourth-order valence-corrected chi connectivity index (χ4v) is 3.13. The molecule has 2 heterocycles. The number of hydrogen-bond acceptors (Lipinski definition) is 4. The first kappa shape index (κ1) is 16.0. The second kappa shape index (κ2) is 7.09. The number of furan rings is 1. The van der Waals surface area contributed by atoms with Gasteiger partial charge in [0.05, 0.1) is 17.8 Å². The lowest BCUT2D eigenvalue weighted by Crippen LogP contribution is -2.54. The minimum absolute atomic E-state index is 0.0593. The fourth-order valence-electron chi connectivity index (χ4n) is 3.13. The third-order valence-corrected chi connectivity index (χ3v) is 4.31. The van der Waals surface area contributed by atoms with Crippen molar-refractivity contribution < 1.29 is 9.21 Å². The Balaban J connectivity index is 1.98. The quantitative estimate of drug-likeness (QED) is 0.806. The van der Waals surface area contributed by atoms with Crippen molar-refractivity contribution in [3.8, 4) is 0 Å². The summed E-state index contributed by atoms with van der Waals surface area (Å²) in [6.45, 7) is 3.62. The van der Waals surface area contributed by atoms with E-state index in [-0.39, 0.29) is 17.5 Å². The molecule has 0 spiro atoms. The third kappa shape index (κ3) is 3.66. The summed E-state index contributed by atoms with van der Waals surface area (Å²) in [5.74, 6) is 1.00. The second-order valence-corrected chi connectivity index (χ2v) is 6.07. The summed E-state index contributed by atoms with van der Waals surface area (Å²) in [6.07, 6.45) is 5.58. The Bertz CT molecular complexity index is 436. The molecule has 1 saturated heterocycles. The average Bonchev–Trinajstić information content (AvgIpc) is 3.10. The zero-order chi connectivity index (χ0) is 15.3. The van der Waals surface area contributed by atoms with Crippen LogP contribution in [-0.2, 0) is 4.79 Å². The van der Waals surface area contributed by atoms with Crippen molar-refractivity contribution in [1.29, 1.82) is 0 Å². The predicted octanol–water partition coefficient (Wildman–Crippen LogP) is 1.92. The van der Waals surface area contributed by atoms with Gasteiger partial charge in [-0.1, -0.05) is 13.3 Å². The van der Waals surface area contributed by atoms with E-state index in [4.69, 9.17) is 4.42 Å². The van der Waals surface area contributed by atoms with Gasteiger partial charge in [-0.05, 0) is 52.0 Å². The van der Waals surface area contributed by atoms with E-state index < -0.39 is 0 Å². The van der Waals surface area contributed by atoms with Gasteiger partial charge in [-0.3, -0.25) is 9.69 Å². The summed E-state index contributed by atoms with van der Waals surface area (Å²) < 4.78 is 5.48. The molecule has 0 saturated carbocycles. The minimum Gasteiger partial charge on any atom is -0.468 e. The van der Waals surface area contributed by atoms with Crippen molar-refractivity contribution in [2.24, 2.45) is 0 Å². The highest BCUT2D eigenvalue weighted by Crippen LogP contribution is 2.25. The molecule has 1 aromatic heterocycles. The third-order valence-electron chi connectivity index (χ3n) is 4.31. The smallest absolute Gasteiger partial charge is 0.240 e. The molecule has 1 fully saturated rings. The standard InChI is InChI=1S/C16H27N3O2/c1-4-8-16(9-6-10-18-16)15(20)17-12-13(19(2)3)14-7-5-11-21-14/h5,7,11,13,18H,4,6,8-10,12H2,1-3H3,(H,17,20). The zero-order valence-electron chi connectivity index (χ0n) is 13.3. The van der Waals surface area contributed by atoms with E-state index in [1.165, 1.54) is 0 Å². The van der Waals surface area contributed by atoms with Crippen LogP contribution in [0.2, 0.25) is 0 Å². The van der Waals surface area contributed by atoms with Gasteiger partial charge in [-0.15, -0.1) is 0 Å². The topological polar surface area (TPSA) is 57.5 Å². The maximum Gasteiger partial charge on any atom is 0.240 e. The van der Waals surface area contributed by atoms with Crippen LogP contribution in [0.15, 0.2) is 22.8 Å². The molecule has 2 atom stereocenters. The molecule has 1 amide bonds. The number of carbonyl (C=O) groups is 1. The average molecular weight is 293 g/mol. The number of nitrogens with zero attached hydrogens (tertiary/aromatic N) is 1. The maximum atomic E-state index is 12.6. The van der Waals surface area contributed by atoms with Crippen molar-refractivity contribution in [3.05, 3.63) is 24.2 Å². The number of hydrogen-bond donors (Lipinski definition) is 2. The molecule has 1 aromatic rings. The van der Waals surface area contributed by atoms with Crippen LogP contribution in [0.25, 0.3) is 0 Å². The summed E-state index contributed by atoms with van der Waals surface area (Å²) in [5, 5.41) is 6.53. The van der Waals surface area contributed by atoms with E-state index in [1.807, 2.05) is 26.2 Å². The number of likely N-dealkylation sites (N-methyl/N-ethyl adjacent to an activating group) is 1. The second-order valence-electron chi connectivity index (χ2n) is 6.07. The van der Waals surface area contributed by atoms with E-state index in [2.05, 4.69) is 22.5 Å². The summed E-state index contributed by atoms with van der Waals surface area (Å²) >= 11 is 0. The molecule has 2 rings (SSSR count). The minimum atomic E-state index is -0.366. The number of carbonyl (C=O) groups excluding carboxylic acids is 1. The van der Waals surface area contributed by atoms with E-state index in [9.17, 15) is 4.79 Å². The van der Waals surface area contributed by atoms with Gasteiger partial charge in [0.1, 0.15) is 5.76 Å². The highest BCUT2D eigenvalue weighted by Gasteiger charge is 2.40. The van der Waals surface area contributed by atoms with Gasteiger partial charge in [0.15, 0.2) is 0 Å². The molecule has 21 heavy (non-hydrogen) atoms. The molecule has 1 aliphatic heterocycles. The molecule has 5 heteroatoms. The lowest BCUT2D eigenvalue weighted by atomic mass is 9.90. The summed E-state index contributed by atoms with van der Waals surface area (Å²) in [7, 11) is 3.99. The van der Waals surface area contributed by atoms with Crippen molar-refractivity contribution in [2.45, 2.75) is 44.2 Å². The van der Waals surface area contributed by atoms with Gasteiger partial charge in [-0.25, -0.2) is 0 Å². The predicted molar refractivity (Wildman–Crippen MR) is 83.0 cm³/mol. The molecule has 2 unspecified atom stereocenters. The Morgan fingerprint density at radius 2 is 2.38 bits per heavy atom. The van der Waals surface area contributed by atoms with E-state index >= 15 is 0 Å². The number of nitrogens with one attached hydrogen (secondary N) is 2. The normalized spacial score (nSPS) is 23.4. The molecule has 118 valence electrons. The molecule has 1 aliphatic rings. The van der Waals surface area contributed by atoms with Crippen LogP contribution in [-0.4, -0.2) is 43.5 Å². The first-order chi connectivity index (χ1) is 10.1. The highest BCUT2D eigenvalue weighted by atomic mass is 16.3. The lowest BCUT2D eigenvalue weighted by molar-refractivity contribution is -0.127. The molecule has 0 radical (unpaired) electrons. The van der Waals surface area contributed by atoms with Crippen LogP contribution in [0.1, 0.15) is 44.4 Å². The van der Waals surface area contributed by atoms with E-state index in [1.54, 1.807) is 6.26 Å². The first-order valence-electron chi connectivity index (χ1n) is 7.82. The van der Waals surface area contributed by atoms with Crippen LogP contribution in [0.3, 0.4) is 0 Å². The van der Waals surface area contributed by atoms with Crippen LogP contribution >= 0.6 is 0 Å². The Kier molecular flexibility index (Phi) is 5.42. The van der Waals surface area contributed by atoms with E-state index in [0.29, 0.717) is 6.54 Å². The lowest BCUT2D eigenvalue weighted by Gasteiger charge is -2.30. The van der Waals surface area contributed by atoms with Gasteiger partial charge in [0, 0.05) is 6.54 Å². The fraction of sp³-hybridized carbons (Fsp3) is 0.688. The molecule has 0 aliphatic carbocycles. The van der Waals surface area contributed by atoms with Crippen LogP contribution < -0.4 is 10.6 Å². The van der Waals surface area contributed by atoms with Gasteiger partial charge in [0.2, 0.25) is 5.91 Å². The monoisotopic (exact) mass is 293 g/mol. The van der Waals surface area contributed by atoms with Gasteiger partial charge >= 0.3 is 0 Å². The highest BCUT2D eigenvalue weighted by molar-refractivity contribution is 5.86. The van der Waals surface area contributed by atoms with Crippen molar-refractivity contribution in [3.63, 3.8) is 0 Å². The van der Waals surface area contributed by atoms with Crippen LogP contribution in [0.4, 0.5) is 0 Å². The summed E-state index contributed by atoms with van der Waals surface area (Å²) in [6, 6.07) is 3.89. The van der Waals surface area contributed by atoms with Crippen LogP contribution in [0.5, 0.6) is 0 Å². The van der Waals surface area contributed by atoms with Gasteiger partial charge in [-0.2, -0.15) is 0 Å². The zero-order valence-corrected chi connectivity index (χ0v) is 13.3. The first-order valence-corrected chi connectivity index (χ1v) is 7.82. The molecular weight excluding hydrogens is 266 g/mol. The molecule has 2 N–H and O–H groups in total. The number of rotatable bonds is 7. The van der Waals surface area contributed by atoms with Crippen molar-refractivity contribution in [1.82, 2.24) is 15.5 Å². The largest absolute Gasteiger partial charge is 0.468 e.